The Balaban J connectivity index is 2.22. The fourth-order valence-electron chi connectivity index (χ4n) is 2.54. The van der Waals surface area contributed by atoms with Gasteiger partial charge in [-0.05, 0) is 37.0 Å². The second-order valence-electron chi connectivity index (χ2n) is 4.92. The number of amides is 1. The lowest BCUT2D eigenvalue weighted by molar-refractivity contribution is 0.0806. The summed E-state index contributed by atoms with van der Waals surface area (Å²) in [5.74, 6) is 0. The molecule has 5 heteroatoms. The number of carbonyl (C=O) groups is 1. The van der Waals surface area contributed by atoms with Gasteiger partial charge in [0.15, 0.2) is 0 Å². The molecule has 1 amide bonds. The van der Waals surface area contributed by atoms with Crippen molar-refractivity contribution in [2.45, 2.75) is 25.3 Å². The highest BCUT2D eigenvalue weighted by Gasteiger charge is 2.29. The van der Waals surface area contributed by atoms with Gasteiger partial charge in [0, 0.05) is 6.54 Å². The van der Waals surface area contributed by atoms with Crippen LogP contribution < -0.4 is 0 Å². The van der Waals surface area contributed by atoms with Gasteiger partial charge in [0.05, 0.1) is 16.6 Å². The Morgan fingerprint density at radius 2 is 2.38 bits per heavy atom. The van der Waals surface area contributed by atoms with E-state index in [9.17, 15) is 4.79 Å². The highest BCUT2D eigenvalue weighted by atomic mass is 35.5. The zero-order chi connectivity index (χ0) is 15.2. The molecule has 110 valence electrons. The number of rotatable bonds is 3. The molecule has 21 heavy (non-hydrogen) atoms. The first-order valence-corrected chi connectivity index (χ1v) is 7.29. The Labute approximate surface area is 129 Å². The number of ether oxygens (including phenoxy) is 1. The number of carbonyl (C=O) groups excluding carboxylic acids is 1. The quantitative estimate of drug-likeness (QED) is 0.791. The zero-order valence-corrected chi connectivity index (χ0v) is 12.5. The van der Waals surface area contributed by atoms with E-state index in [0.29, 0.717) is 17.1 Å². The third-order valence-corrected chi connectivity index (χ3v) is 3.87. The van der Waals surface area contributed by atoms with Gasteiger partial charge in [-0.1, -0.05) is 30.3 Å². The number of hydrogen-bond acceptors (Lipinski definition) is 3. The molecule has 1 fully saturated rings. The second kappa shape index (κ2) is 7.14. The van der Waals surface area contributed by atoms with Crippen LogP contribution in [-0.2, 0) is 4.74 Å². The molecule has 0 N–H and O–H groups in total. The number of halogens is 1. The lowest BCUT2D eigenvalue weighted by Gasteiger charge is -2.35. The minimum Gasteiger partial charge on any atom is -0.445 e. The first kappa shape index (κ1) is 15.4. The highest BCUT2D eigenvalue weighted by molar-refractivity contribution is 6.31. The lowest BCUT2D eigenvalue weighted by atomic mass is 9.95. The fourth-order valence-corrected chi connectivity index (χ4v) is 2.77. The van der Waals surface area contributed by atoms with Crippen molar-refractivity contribution < 1.29 is 9.53 Å². The summed E-state index contributed by atoms with van der Waals surface area (Å²) in [5.41, 5.74) is 1.38. The number of nitrogens with zero attached hydrogens (tertiary/aromatic N) is 2. The van der Waals surface area contributed by atoms with Crippen molar-refractivity contribution >= 4 is 17.7 Å². The van der Waals surface area contributed by atoms with E-state index in [1.54, 1.807) is 23.1 Å². The third-order valence-electron chi connectivity index (χ3n) is 3.56. The summed E-state index contributed by atoms with van der Waals surface area (Å²) in [6.07, 6.45) is 4.10. The first-order chi connectivity index (χ1) is 10.2. The number of hydrogen-bond donors (Lipinski definition) is 0. The minimum absolute atomic E-state index is 0.0543. The Morgan fingerprint density at radius 1 is 1.57 bits per heavy atom. The molecule has 0 spiro atoms. The molecule has 2 rings (SSSR count). The minimum atomic E-state index is -0.333. The molecule has 1 aromatic carbocycles. The molecule has 0 aromatic heterocycles. The van der Waals surface area contributed by atoms with Crippen LogP contribution in [-0.4, -0.2) is 24.1 Å². The topological polar surface area (TPSA) is 53.3 Å². The average molecular weight is 305 g/mol. The summed E-state index contributed by atoms with van der Waals surface area (Å²) in [7, 11) is 0. The van der Waals surface area contributed by atoms with Crippen LogP contribution >= 0.6 is 11.6 Å². The molecule has 1 unspecified atom stereocenters. The van der Waals surface area contributed by atoms with Crippen LogP contribution in [0.1, 0.15) is 36.4 Å². The maximum atomic E-state index is 12.1. The molecule has 1 atom stereocenters. The van der Waals surface area contributed by atoms with E-state index in [4.69, 9.17) is 21.6 Å². The zero-order valence-electron chi connectivity index (χ0n) is 11.7. The van der Waals surface area contributed by atoms with Crippen molar-refractivity contribution in [1.29, 1.82) is 5.26 Å². The van der Waals surface area contributed by atoms with Crippen LogP contribution in [0.2, 0.25) is 5.02 Å². The smallest absolute Gasteiger partial charge is 0.410 e. The highest BCUT2D eigenvalue weighted by Crippen LogP contribution is 2.33. The van der Waals surface area contributed by atoms with E-state index in [-0.39, 0.29) is 18.7 Å². The Morgan fingerprint density at radius 3 is 3.05 bits per heavy atom. The Bertz CT molecular complexity index is 580. The van der Waals surface area contributed by atoms with Crippen LogP contribution in [0.25, 0.3) is 0 Å². The first-order valence-electron chi connectivity index (χ1n) is 6.91. The normalized spacial score (nSPS) is 17.9. The standard InChI is InChI=1S/C16H17ClN2O2/c1-2-9-21-16(20)19-8-4-3-5-15(19)12-6-7-13(11-18)14(17)10-12/h2,6-7,10,15H,1,3-5,8-9H2. The largest absolute Gasteiger partial charge is 0.445 e. The van der Waals surface area contributed by atoms with Crippen LogP contribution in [0.5, 0.6) is 0 Å². The lowest BCUT2D eigenvalue weighted by Crippen LogP contribution is -2.38. The third kappa shape index (κ3) is 3.56. The average Bonchev–Trinajstić information content (AvgIpc) is 2.52. The van der Waals surface area contributed by atoms with Gasteiger partial charge in [0.1, 0.15) is 12.7 Å². The molecular weight excluding hydrogens is 288 g/mol. The van der Waals surface area contributed by atoms with Crippen molar-refractivity contribution in [3.8, 4) is 6.07 Å². The predicted octanol–water partition coefficient (Wildman–Crippen LogP) is 4.06. The molecule has 1 saturated heterocycles. The summed E-state index contributed by atoms with van der Waals surface area (Å²) >= 11 is 6.09. The molecule has 0 saturated carbocycles. The molecule has 0 bridgehead atoms. The number of nitriles is 1. The summed E-state index contributed by atoms with van der Waals surface area (Å²) in [4.78, 5) is 13.8. The molecule has 1 heterocycles. The number of benzene rings is 1. The molecular formula is C16H17ClN2O2. The summed E-state index contributed by atoms with van der Waals surface area (Å²) in [6.45, 7) is 4.41. The fraction of sp³-hybridized carbons (Fsp3) is 0.375. The van der Waals surface area contributed by atoms with E-state index < -0.39 is 0 Å². The van der Waals surface area contributed by atoms with Crippen LogP contribution in [0.4, 0.5) is 4.79 Å². The molecule has 1 aromatic rings. The second-order valence-corrected chi connectivity index (χ2v) is 5.33. The number of likely N-dealkylation sites (tertiary alicyclic amines) is 1. The maximum absolute atomic E-state index is 12.1. The van der Waals surface area contributed by atoms with E-state index >= 15 is 0 Å². The summed E-state index contributed by atoms with van der Waals surface area (Å²) < 4.78 is 5.14. The molecule has 0 aliphatic carbocycles. The Kier molecular flexibility index (Phi) is 5.24. The van der Waals surface area contributed by atoms with Gasteiger partial charge >= 0.3 is 6.09 Å². The van der Waals surface area contributed by atoms with E-state index in [1.165, 1.54) is 0 Å². The van der Waals surface area contributed by atoms with Crippen LogP contribution in [0.3, 0.4) is 0 Å². The van der Waals surface area contributed by atoms with Crippen molar-refractivity contribution in [1.82, 2.24) is 4.90 Å². The van der Waals surface area contributed by atoms with Crippen molar-refractivity contribution in [3.63, 3.8) is 0 Å². The summed E-state index contributed by atoms with van der Waals surface area (Å²) in [5, 5.41) is 9.35. The molecule has 4 nitrogen and oxygen atoms in total. The summed E-state index contributed by atoms with van der Waals surface area (Å²) in [6, 6.07) is 7.30. The van der Waals surface area contributed by atoms with Gasteiger partial charge in [-0.15, -0.1) is 0 Å². The molecule has 1 aliphatic rings. The van der Waals surface area contributed by atoms with Crippen LogP contribution in [0, 0.1) is 11.3 Å². The van der Waals surface area contributed by atoms with Crippen molar-refractivity contribution in [2.75, 3.05) is 13.2 Å². The Hall–Kier alpha value is -1.99. The van der Waals surface area contributed by atoms with E-state index in [1.807, 2.05) is 12.1 Å². The maximum Gasteiger partial charge on any atom is 0.410 e. The SMILES string of the molecule is C=CCOC(=O)N1CCCCC1c1ccc(C#N)c(Cl)c1. The van der Waals surface area contributed by atoms with Crippen molar-refractivity contribution in [2.24, 2.45) is 0 Å². The van der Waals surface area contributed by atoms with Crippen molar-refractivity contribution in [3.05, 3.63) is 47.0 Å². The van der Waals surface area contributed by atoms with E-state index in [2.05, 4.69) is 6.58 Å². The van der Waals surface area contributed by atoms with Gasteiger partial charge in [-0.25, -0.2) is 4.79 Å². The molecule has 1 aliphatic heterocycles. The molecule has 0 radical (unpaired) electrons. The monoisotopic (exact) mass is 304 g/mol. The van der Waals surface area contributed by atoms with Gasteiger partial charge in [0.2, 0.25) is 0 Å². The van der Waals surface area contributed by atoms with Gasteiger partial charge in [-0.2, -0.15) is 5.26 Å². The van der Waals surface area contributed by atoms with Crippen LogP contribution in [0.15, 0.2) is 30.9 Å². The van der Waals surface area contributed by atoms with E-state index in [0.717, 1.165) is 24.8 Å². The number of piperidine rings is 1. The van der Waals surface area contributed by atoms with Gasteiger partial charge in [0.25, 0.3) is 0 Å². The predicted molar refractivity (Wildman–Crippen MR) is 81.0 cm³/mol. The van der Waals surface area contributed by atoms with Gasteiger partial charge < -0.3 is 9.64 Å². The van der Waals surface area contributed by atoms with Gasteiger partial charge in [-0.3, -0.25) is 0 Å².